The van der Waals surface area contributed by atoms with Crippen molar-refractivity contribution in [2.24, 2.45) is 10.9 Å². The van der Waals surface area contributed by atoms with E-state index in [0.717, 1.165) is 16.9 Å². The molecule has 8 heteroatoms. The standard InChI is InChI=1S/C25H24N2O5S/c1-14(2)31-16-11-9-15(10-12-16)13-19-22(28)27-21-17-7-5-6-8-18(17)32-25(3,26-24(27)33-19)20(21)23(29)30-4/h5-14,20-21H,1-4H3/b19-13-/t20-,21-,25-/m1/s1. The van der Waals surface area contributed by atoms with Gasteiger partial charge in [0.25, 0.3) is 5.56 Å². The van der Waals surface area contributed by atoms with E-state index in [2.05, 4.69) is 0 Å². The number of fused-ring (bicyclic) bond motifs is 6. The lowest BCUT2D eigenvalue weighted by Crippen LogP contribution is -2.58. The summed E-state index contributed by atoms with van der Waals surface area (Å²) in [4.78, 5) is 31.7. The molecule has 3 atom stereocenters. The number of aromatic nitrogens is 1. The van der Waals surface area contributed by atoms with Crippen LogP contribution in [0.15, 0.2) is 58.3 Å². The van der Waals surface area contributed by atoms with Gasteiger partial charge in [0.15, 0.2) is 4.80 Å². The number of methoxy groups -OCH3 is 1. The number of hydrogen-bond acceptors (Lipinski definition) is 7. The number of rotatable bonds is 4. The van der Waals surface area contributed by atoms with Crippen LogP contribution in [-0.4, -0.2) is 29.5 Å². The first-order valence-corrected chi connectivity index (χ1v) is 11.6. The Hall–Kier alpha value is -3.39. The van der Waals surface area contributed by atoms with Crippen LogP contribution in [0.5, 0.6) is 11.5 Å². The molecule has 2 aliphatic heterocycles. The van der Waals surface area contributed by atoms with Gasteiger partial charge in [-0.2, -0.15) is 0 Å². The van der Waals surface area contributed by atoms with E-state index in [1.54, 1.807) is 11.5 Å². The molecule has 170 valence electrons. The number of benzene rings is 2. The monoisotopic (exact) mass is 464 g/mol. The molecule has 5 rings (SSSR count). The predicted molar refractivity (Wildman–Crippen MR) is 124 cm³/mol. The molecule has 0 saturated carbocycles. The van der Waals surface area contributed by atoms with Gasteiger partial charge in [0.1, 0.15) is 17.4 Å². The highest BCUT2D eigenvalue weighted by Crippen LogP contribution is 2.47. The Labute approximate surface area is 194 Å². The van der Waals surface area contributed by atoms with E-state index in [1.807, 2.05) is 68.5 Å². The molecule has 33 heavy (non-hydrogen) atoms. The van der Waals surface area contributed by atoms with Crippen LogP contribution >= 0.6 is 11.3 Å². The van der Waals surface area contributed by atoms with Crippen LogP contribution < -0.4 is 24.4 Å². The first kappa shape index (κ1) is 21.5. The zero-order valence-electron chi connectivity index (χ0n) is 18.8. The van der Waals surface area contributed by atoms with Crippen molar-refractivity contribution < 1.29 is 19.0 Å². The second-order valence-corrected chi connectivity index (χ2v) is 9.57. The van der Waals surface area contributed by atoms with Crippen LogP contribution in [0, 0.1) is 5.92 Å². The second kappa shape index (κ2) is 7.88. The topological polar surface area (TPSA) is 79.1 Å². The van der Waals surface area contributed by atoms with Crippen molar-refractivity contribution >= 4 is 23.4 Å². The Morgan fingerprint density at radius 3 is 2.64 bits per heavy atom. The van der Waals surface area contributed by atoms with Crippen molar-refractivity contribution in [3.05, 3.63) is 79.3 Å². The maximum Gasteiger partial charge on any atom is 0.317 e. The lowest BCUT2D eigenvalue weighted by molar-refractivity contribution is -0.158. The molecule has 0 unspecified atom stereocenters. The molecule has 3 aromatic rings. The molecule has 2 bridgehead atoms. The third kappa shape index (κ3) is 3.54. The highest BCUT2D eigenvalue weighted by molar-refractivity contribution is 7.07. The van der Waals surface area contributed by atoms with Gasteiger partial charge in [-0.15, -0.1) is 0 Å². The SMILES string of the molecule is COC(=O)[C@H]1[C@H]2c3ccccc3O[C@@]1(C)N=c1s/c(=C\c3ccc(OC(C)C)cc3)c(=O)n12. The van der Waals surface area contributed by atoms with Gasteiger partial charge in [-0.05, 0) is 50.6 Å². The Morgan fingerprint density at radius 1 is 1.21 bits per heavy atom. The molecule has 0 saturated heterocycles. The summed E-state index contributed by atoms with van der Waals surface area (Å²) >= 11 is 1.29. The molecule has 2 aliphatic rings. The smallest absolute Gasteiger partial charge is 0.317 e. The van der Waals surface area contributed by atoms with Gasteiger partial charge >= 0.3 is 5.97 Å². The highest BCUT2D eigenvalue weighted by atomic mass is 32.1. The fourth-order valence-electron chi connectivity index (χ4n) is 4.50. The lowest BCUT2D eigenvalue weighted by Gasteiger charge is -2.44. The molecule has 0 radical (unpaired) electrons. The number of para-hydroxylation sites is 1. The number of thiazole rings is 1. The Balaban J connectivity index is 1.67. The third-order valence-electron chi connectivity index (χ3n) is 5.88. The number of nitrogens with zero attached hydrogens (tertiary/aromatic N) is 2. The maximum absolute atomic E-state index is 13.6. The van der Waals surface area contributed by atoms with Gasteiger partial charge in [-0.1, -0.05) is 41.7 Å². The summed E-state index contributed by atoms with van der Waals surface area (Å²) < 4.78 is 19.1. The Morgan fingerprint density at radius 2 is 1.94 bits per heavy atom. The predicted octanol–water partition coefficient (Wildman–Crippen LogP) is 2.65. The van der Waals surface area contributed by atoms with Gasteiger partial charge < -0.3 is 14.2 Å². The Bertz CT molecular complexity index is 1410. The minimum Gasteiger partial charge on any atom is -0.491 e. The normalized spacial score (nSPS) is 23.2. The summed E-state index contributed by atoms with van der Waals surface area (Å²) in [5.41, 5.74) is 0.274. The molecule has 3 heterocycles. The van der Waals surface area contributed by atoms with Crippen LogP contribution in [0.1, 0.15) is 37.9 Å². The minimum absolute atomic E-state index is 0.0867. The lowest BCUT2D eigenvalue weighted by atomic mass is 9.81. The number of esters is 1. The molecule has 0 amide bonds. The first-order valence-electron chi connectivity index (χ1n) is 10.8. The highest BCUT2D eigenvalue weighted by Gasteiger charge is 2.55. The largest absolute Gasteiger partial charge is 0.491 e. The van der Waals surface area contributed by atoms with Gasteiger partial charge in [-0.3, -0.25) is 14.2 Å². The summed E-state index contributed by atoms with van der Waals surface area (Å²) in [5.74, 6) is 0.146. The van der Waals surface area contributed by atoms with Crippen LogP contribution in [0.25, 0.3) is 6.08 Å². The van der Waals surface area contributed by atoms with E-state index in [1.165, 1.54) is 18.4 Å². The van der Waals surface area contributed by atoms with E-state index < -0.39 is 23.7 Å². The van der Waals surface area contributed by atoms with Gasteiger partial charge in [0.2, 0.25) is 5.72 Å². The summed E-state index contributed by atoms with van der Waals surface area (Å²) in [7, 11) is 1.34. The maximum atomic E-state index is 13.6. The molecule has 0 aliphatic carbocycles. The molecule has 0 spiro atoms. The van der Waals surface area contributed by atoms with E-state index >= 15 is 0 Å². The average Bonchev–Trinajstić information content (AvgIpc) is 3.07. The van der Waals surface area contributed by atoms with Gasteiger partial charge in [0.05, 0.1) is 23.8 Å². The molecule has 1 aromatic heterocycles. The van der Waals surface area contributed by atoms with Crippen molar-refractivity contribution in [2.45, 2.75) is 38.6 Å². The van der Waals surface area contributed by atoms with Crippen LogP contribution in [0.4, 0.5) is 0 Å². The summed E-state index contributed by atoms with van der Waals surface area (Å²) in [6.07, 6.45) is 1.92. The van der Waals surface area contributed by atoms with Crippen molar-refractivity contribution in [1.29, 1.82) is 0 Å². The number of carbonyl (C=O) groups excluding carboxylic acids is 1. The fraction of sp³-hybridized carbons (Fsp3) is 0.320. The zero-order chi connectivity index (χ0) is 23.3. The van der Waals surface area contributed by atoms with E-state index in [4.69, 9.17) is 19.2 Å². The number of carbonyl (C=O) groups is 1. The van der Waals surface area contributed by atoms with Crippen LogP contribution in [0.3, 0.4) is 0 Å². The Kier molecular flexibility index (Phi) is 5.12. The fourth-order valence-corrected chi connectivity index (χ4v) is 5.60. The van der Waals surface area contributed by atoms with Crippen LogP contribution in [0.2, 0.25) is 0 Å². The molecule has 0 N–H and O–H groups in total. The molecule has 2 aromatic carbocycles. The van der Waals surface area contributed by atoms with Crippen molar-refractivity contribution in [3.8, 4) is 11.5 Å². The van der Waals surface area contributed by atoms with Gasteiger partial charge in [0, 0.05) is 5.56 Å². The second-order valence-electron chi connectivity index (χ2n) is 8.56. The minimum atomic E-state index is -1.17. The quantitative estimate of drug-likeness (QED) is 0.555. The number of ether oxygens (including phenoxy) is 3. The van der Waals surface area contributed by atoms with Crippen molar-refractivity contribution in [2.75, 3.05) is 7.11 Å². The van der Waals surface area contributed by atoms with Crippen molar-refractivity contribution in [1.82, 2.24) is 4.57 Å². The van der Waals surface area contributed by atoms with Gasteiger partial charge in [-0.25, -0.2) is 4.99 Å². The van der Waals surface area contributed by atoms with E-state index in [-0.39, 0.29) is 11.7 Å². The summed E-state index contributed by atoms with van der Waals surface area (Å²) in [5, 5.41) is 0. The molecular formula is C25H24N2O5S. The molecular weight excluding hydrogens is 440 g/mol. The summed E-state index contributed by atoms with van der Waals surface area (Å²) in [6.45, 7) is 5.71. The first-order chi connectivity index (χ1) is 15.8. The molecule has 0 fully saturated rings. The van der Waals surface area contributed by atoms with Crippen molar-refractivity contribution in [3.63, 3.8) is 0 Å². The number of hydrogen-bond donors (Lipinski definition) is 0. The van der Waals surface area contributed by atoms with E-state index in [0.29, 0.717) is 15.1 Å². The average molecular weight is 465 g/mol. The summed E-state index contributed by atoms with van der Waals surface area (Å²) in [6, 6.07) is 14.5. The molecule has 7 nitrogen and oxygen atoms in total. The van der Waals surface area contributed by atoms with E-state index in [9.17, 15) is 9.59 Å². The van der Waals surface area contributed by atoms with Crippen LogP contribution in [-0.2, 0) is 9.53 Å². The third-order valence-corrected chi connectivity index (χ3v) is 6.87. The zero-order valence-corrected chi connectivity index (χ0v) is 19.6.